The zero-order valence-electron chi connectivity index (χ0n) is 15.3. The summed E-state index contributed by atoms with van der Waals surface area (Å²) in [6.07, 6.45) is 1.52. The number of nitro groups is 1. The van der Waals surface area contributed by atoms with Crippen molar-refractivity contribution < 1.29 is 19.3 Å². The lowest BCUT2D eigenvalue weighted by atomic mass is 10.0. The quantitative estimate of drug-likeness (QED) is 0.370. The summed E-state index contributed by atoms with van der Waals surface area (Å²) in [7, 11) is 0. The first kappa shape index (κ1) is 19.4. The second kappa shape index (κ2) is 7.84. The van der Waals surface area contributed by atoms with Gasteiger partial charge < -0.3 is 5.32 Å². The minimum absolute atomic E-state index is 0.000666. The van der Waals surface area contributed by atoms with E-state index in [4.69, 9.17) is 0 Å². The molecule has 1 atom stereocenters. The first-order chi connectivity index (χ1) is 14.5. The Morgan fingerprint density at radius 2 is 1.73 bits per heavy atom. The normalized spacial score (nSPS) is 13.8. The molecule has 1 unspecified atom stereocenters. The van der Waals surface area contributed by atoms with Crippen molar-refractivity contribution in [1.29, 1.82) is 0 Å². The largest absolute Gasteiger partial charge is 0.300 e. The fraction of sp³-hybridized carbons (Fsp3) is 0.100. The van der Waals surface area contributed by atoms with Crippen molar-refractivity contribution in [3.05, 3.63) is 86.9 Å². The van der Waals surface area contributed by atoms with Gasteiger partial charge in [-0.2, -0.15) is 0 Å². The van der Waals surface area contributed by atoms with Gasteiger partial charge in [0.05, 0.1) is 16.1 Å². The molecule has 1 aliphatic heterocycles. The monoisotopic (exact) mass is 422 g/mol. The maximum Gasteiger partial charge on any atom is 0.269 e. The molecule has 3 amide bonds. The van der Waals surface area contributed by atoms with E-state index >= 15 is 0 Å². The van der Waals surface area contributed by atoms with Gasteiger partial charge in [-0.1, -0.05) is 24.3 Å². The van der Waals surface area contributed by atoms with Gasteiger partial charge in [0.25, 0.3) is 17.5 Å². The number of nitrogens with one attached hydrogen (secondary N) is 1. The number of hydrogen-bond donors (Lipinski definition) is 1. The van der Waals surface area contributed by atoms with E-state index < -0.39 is 28.7 Å². The number of carbonyl (C=O) groups is 3. The Balaban J connectivity index is 1.67. The number of benzene rings is 2. The minimum atomic E-state index is -1.15. The highest BCUT2D eigenvalue weighted by molar-refractivity contribution is 7.13. The van der Waals surface area contributed by atoms with E-state index in [1.807, 2.05) is 0 Å². The van der Waals surface area contributed by atoms with Crippen molar-refractivity contribution in [3.63, 3.8) is 0 Å². The van der Waals surface area contributed by atoms with Gasteiger partial charge in [0.2, 0.25) is 5.91 Å². The van der Waals surface area contributed by atoms with Crippen molar-refractivity contribution in [2.75, 3.05) is 5.32 Å². The highest BCUT2D eigenvalue weighted by Gasteiger charge is 2.42. The van der Waals surface area contributed by atoms with Gasteiger partial charge in [-0.05, 0) is 17.7 Å². The average Bonchev–Trinajstić information content (AvgIpc) is 3.34. The molecule has 150 valence electrons. The van der Waals surface area contributed by atoms with E-state index in [1.165, 1.54) is 53.9 Å². The average molecular weight is 422 g/mol. The van der Waals surface area contributed by atoms with E-state index in [2.05, 4.69) is 10.3 Å². The number of nitro benzene ring substituents is 1. The molecule has 1 aliphatic rings. The van der Waals surface area contributed by atoms with Crippen LogP contribution >= 0.6 is 11.3 Å². The van der Waals surface area contributed by atoms with Gasteiger partial charge in [-0.25, -0.2) is 4.98 Å². The second-order valence-corrected chi connectivity index (χ2v) is 7.39. The Kier molecular flexibility index (Phi) is 5.07. The Labute approximate surface area is 174 Å². The molecule has 0 aliphatic carbocycles. The molecule has 2 aromatic carbocycles. The van der Waals surface area contributed by atoms with Crippen LogP contribution in [0.4, 0.5) is 10.8 Å². The molecule has 9 nitrogen and oxygen atoms in total. The number of hydrogen-bond acceptors (Lipinski definition) is 7. The second-order valence-electron chi connectivity index (χ2n) is 6.50. The van der Waals surface area contributed by atoms with E-state index in [9.17, 15) is 24.5 Å². The third kappa shape index (κ3) is 3.55. The van der Waals surface area contributed by atoms with Gasteiger partial charge in [-0.3, -0.25) is 29.4 Å². The van der Waals surface area contributed by atoms with Gasteiger partial charge in [0.1, 0.15) is 6.04 Å². The van der Waals surface area contributed by atoms with Crippen LogP contribution in [-0.4, -0.2) is 38.6 Å². The summed E-state index contributed by atoms with van der Waals surface area (Å²) in [5.74, 6) is -1.69. The molecule has 2 heterocycles. The molecule has 0 bridgehead atoms. The standard InChI is InChI=1S/C20H14N4O5S/c25-17(22-20-21-9-10-30-20)16(11-12-5-7-13(8-6-12)24(28)29)23-18(26)14-3-1-2-4-15(14)19(23)27/h1-10,16H,11H2,(H,21,22,25). The molecular formula is C20H14N4O5S. The number of rotatable bonds is 6. The molecular weight excluding hydrogens is 408 g/mol. The van der Waals surface area contributed by atoms with Crippen molar-refractivity contribution in [2.24, 2.45) is 0 Å². The Morgan fingerprint density at radius 3 is 2.27 bits per heavy atom. The van der Waals surface area contributed by atoms with Crippen molar-refractivity contribution in [1.82, 2.24) is 9.88 Å². The van der Waals surface area contributed by atoms with Crippen LogP contribution in [0.1, 0.15) is 26.3 Å². The van der Waals surface area contributed by atoms with Crippen LogP contribution in [0.3, 0.4) is 0 Å². The van der Waals surface area contributed by atoms with Gasteiger partial charge >= 0.3 is 0 Å². The summed E-state index contributed by atoms with van der Waals surface area (Å²) in [6, 6.07) is 10.8. The van der Waals surface area contributed by atoms with Crippen LogP contribution in [0.5, 0.6) is 0 Å². The molecule has 10 heteroatoms. The van der Waals surface area contributed by atoms with Gasteiger partial charge in [-0.15, -0.1) is 11.3 Å². The van der Waals surface area contributed by atoms with Gasteiger partial charge in [0.15, 0.2) is 5.13 Å². The lowest BCUT2D eigenvalue weighted by molar-refractivity contribution is -0.384. The highest BCUT2D eigenvalue weighted by Crippen LogP contribution is 2.27. The van der Waals surface area contributed by atoms with E-state index in [-0.39, 0.29) is 23.2 Å². The van der Waals surface area contributed by atoms with Crippen LogP contribution in [0.25, 0.3) is 0 Å². The lowest BCUT2D eigenvalue weighted by Gasteiger charge is -2.25. The van der Waals surface area contributed by atoms with Crippen LogP contribution in [0.15, 0.2) is 60.1 Å². The molecule has 1 aromatic heterocycles. The fourth-order valence-electron chi connectivity index (χ4n) is 3.24. The SMILES string of the molecule is O=C(Nc1nccs1)C(Cc1ccc([N+](=O)[O-])cc1)N1C(=O)c2ccccc2C1=O. The number of nitrogens with zero attached hydrogens (tertiary/aromatic N) is 3. The Hall–Kier alpha value is -3.92. The molecule has 0 radical (unpaired) electrons. The Morgan fingerprint density at radius 1 is 1.10 bits per heavy atom. The number of aromatic nitrogens is 1. The summed E-state index contributed by atoms with van der Waals surface area (Å²) < 4.78 is 0. The Bertz CT molecular complexity index is 1110. The summed E-state index contributed by atoms with van der Waals surface area (Å²) >= 11 is 1.21. The highest BCUT2D eigenvalue weighted by atomic mass is 32.1. The van der Waals surface area contributed by atoms with E-state index in [1.54, 1.807) is 17.5 Å². The van der Waals surface area contributed by atoms with Crippen LogP contribution in [0, 0.1) is 10.1 Å². The predicted molar refractivity (Wildman–Crippen MR) is 108 cm³/mol. The first-order valence-electron chi connectivity index (χ1n) is 8.86. The van der Waals surface area contributed by atoms with Crippen molar-refractivity contribution in [3.8, 4) is 0 Å². The maximum absolute atomic E-state index is 13.0. The number of non-ortho nitro benzene ring substituents is 1. The van der Waals surface area contributed by atoms with Crippen LogP contribution in [-0.2, 0) is 11.2 Å². The molecule has 0 saturated carbocycles. The maximum atomic E-state index is 13.0. The molecule has 1 N–H and O–H groups in total. The zero-order valence-corrected chi connectivity index (χ0v) is 16.2. The number of anilines is 1. The summed E-state index contributed by atoms with van der Waals surface area (Å²) in [6.45, 7) is 0. The first-order valence-corrected chi connectivity index (χ1v) is 9.74. The summed E-state index contributed by atoms with van der Waals surface area (Å²) in [5.41, 5.74) is 0.941. The number of fused-ring (bicyclic) bond motifs is 1. The number of thiazole rings is 1. The summed E-state index contributed by atoms with van der Waals surface area (Å²) in [5, 5.41) is 15.5. The molecule has 30 heavy (non-hydrogen) atoms. The van der Waals surface area contributed by atoms with Crippen molar-refractivity contribution >= 4 is 39.9 Å². The van der Waals surface area contributed by atoms with E-state index in [0.29, 0.717) is 10.7 Å². The molecule has 3 aromatic rings. The van der Waals surface area contributed by atoms with Gasteiger partial charge in [0, 0.05) is 30.1 Å². The topological polar surface area (TPSA) is 123 Å². The third-order valence-electron chi connectivity index (χ3n) is 4.68. The smallest absolute Gasteiger partial charge is 0.269 e. The molecule has 0 saturated heterocycles. The zero-order chi connectivity index (χ0) is 21.3. The lowest BCUT2D eigenvalue weighted by Crippen LogP contribution is -2.48. The summed E-state index contributed by atoms with van der Waals surface area (Å²) in [4.78, 5) is 54.1. The number of imide groups is 1. The molecule has 4 rings (SSSR count). The van der Waals surface area contributed by atoms with Crippen molar-refractivity contribution in [2.45, 2.75) is 12.5 Å². The van der Waals surface area contributed by atoms with Crippen LogP contribution in [0.2, 0.25) is 0 Å². The minimum Gasteiger partial charge on any atom is -0.300 e. The molecule has 0 fully saturated rings. The predicted octanol–water partition coefficient (Wildman–Crippen LogP) is 2.90. The van der Waals surface area contributed by atoms with E-state index in [0.717, 1.165) is 4.90 Å². The molecule has 0 spiro atoms. The third-order valence-corrected chi connectivity index (χ3v) is 5.37. The number of carbonyl (C=O) groups excluding carboxylic acids is 3. The number of amides is 3. The fourth-order valence-corrected chi connectivity index (χ4v) is 3.77. The van der Waals surface area contributed by atoms with Crippen LogP contribution < -0.4 is 5.32 Å².